The first-order chi connectivity index (χ1) is 14.1. The fourth-order valence-corrected chi connectivity index (χ4v) is 5.01. The van der Waals surface area contributed by atoms with Gasteiger partial charge in [0.15, 0.2) is 12.6 Å². The summed E-state index contributed by atoms with van der Waals surface area (Å²) in [5, 5.41) is 0. The number of ether oxygens (including phenoxy) is 4. The van der Waals surface area contributed by atoms with Crippen LogP contribution in [0.3, 0.4) is 0 Å². The Balaban J connectivity index is 1.48. The van der Waals surface area contributed by atoms with Crippen molar-refractivity contribution < 1.29 is 18.9 Å². The van der Waals surface area contributed by atoms with Crippen LogP contribution in [0, 0.1) is 23.7 Å². The van der Waals surface area contributed by atoms with E-state index in [1.807, 2.05) is 6.92 Å². The Morgan fingerprint density at radius 1 is 0.724 bits per heavy atom. The van der Waals surface area contributed by atoms with Crippen LogP contribution in [0.25, 0.3) is 0 Å². The predicted molar refractivity (Wildman–Crippen MR) is 119 cm³/mol. The van der Waals surface area contributed by atoms with Gasteiger partial charge in [0.05, 0.1) is 6.61 Å². The first-order valence-corrected chi connectivity index (χ1v) is 12.4. The molecular weight excluding hydrogens is 364 g/mol. The van der Waals surface area contributed by atoms with Crippen LogP contribution in [0.1, 0.15) is 97.8 Å². The van der Waals surface area contributed by atoms with Gasteiger partial charge in [-0.25, -0.2) is 0 Å². The van der Waals surface area contributed by atoms with E-state index in [1.54, 1.807) is 7.11 Å². The molecule has 0 aromatic rings. The molecule has 0 spiro atoms. The summed E-state index contributed by atoms with van der Waals surface area (Å²) < 4.78 is 22.7. The molecule has 4 unspecified atom stereocenters. The maximum atomic E-state index is 6.06. The molecule has 2 saturated carbocycles. The Morgan fingerprint density at radius 3 is 2.21 bits per heavy atom. The Morgan fingerprint density at radius 2 is 1.45 bits per heavy atom. The summed E-state index contributed by atoms with van der Waals surface area (Å²) in [6.07, 6.45) is 15.7. The van der Waals surface area contributed by atoms with Crippen LogP contribution < -0.4 is 0 Å². The Hall–Kier alpha value is -0.160. The highest BCUT2D eigenvalue weighted by Gasteiger charge is 2.23. The Kier molecular flexibility index (Phi) is 12.8. The minimum atomic E-state index is -0.0817. The van der Waals surface area contributed by atoms with Crippen molar-refractivity contribution in [3.05, 3.63) is 0 Å². The van der Waals surface area contributed by atoms with E-state index in [-0.39, 0.29) is 12.6 Å². The predicted octanol–water partition coefficient (Wildman–Crippen LogP) is 6.57. The van der Waals surface area contributed by atoms with E-state index < -0.39 is 0 Å². The van der Waals surface area contributed by atoms with Gasteiger partial charge < -0.3 is 18.9 Å². The molecule has 2 rings (SSSR count). The molecule has 2 aliphatic carbocycles. The third-order valence-electron chi connectivity index (χ3n) is 7.16. The molecule has 0 aromatic heterocycles. The number of rotatable bonds is 14. The first-order valence-electron chi connectivity index (χ1n) is 12.4. The standard InChI is InChI=1S/C25H48O4/c1-20-11-13-23(14-12-20)15-17-28-22(3)29-19-25-10-7-9-24(18-25)8-5-6-16-27-21(2)26-4/h20-25H,5-19H2,1-4H3. The van der Waals surface area contributed by atoms with Gasteiger partial charge in [-0.15, -0.1) is 0 Å². The van der Waals surface area contributed by atoms with Crippen LogP contribution in [-0.4, -0.2) is 39.5 Å². The largest absolute Gasteiger partial charge is 0.356 e. The van der Waals surface area contributed by atoms with E-state index in [0.29, 0.717) is 5.92 Å². The van der Waals surface area contributed by atoms with Crippen molar-refractivity contribution in [3.8, 4) is 0 Å². The lowest BCUT2D eigenvalue weighted by atomic mass is 9.79. The molecule has 0 bridgehead atoms. The summed E-state index contributed by atoms with van der Waals surface area (Å²) >= 11 is 0. The van der Waals surface area contributed by atoms with Gasteiger partial charge in [0.1, 0.15) is 0 Å². The van der Waals surface area contributed by atoms with Crippen molar-refractivity contribution in [1.29, 1.82) is 0 Å². The van der Waals surface area contributed by atoms with Crippen molar-refractivity contribution in [2.24, 2.45) is 23.7 Å². The average Bonchev–Trinajstić information content (AvgIpc) is 2.73. The average molecular weight is 413 g/mol. The van der Waals surface area contributed by atoms with E-state index >= 15 is 0 Å². The Labute approximate surface area is 180 Å². The topological polar surface area (TPSA) is 36.9 Å². The van der Waals surface area contributed by atoms with Crippen LogP contribution in [0.5, 0.6) is 0 Å². The van der Waals surface area contributed by atoms with Crippen molar-refractivity contribution >= 4 is 0 Å². The van der Waals surface area contributed by atoms with E-state index in [2.05, 4.69) is 13.8 Å². The van der Waals surface area contributed by atoms with Crippen molar-refractivity contribution in [1.82, 2.24) is 0 Å². The highest BCUT2D eigenvalue weighted by Crippen LogP contribution is 2.33. The molecule has 2 aliphatic rings. The zero-order chi connectivity index (χ0) is 20.9. The van der Waals surface area contributed by atoms with E-state index in [1.165, 1.54) is 70.6 Å². The van der Waals surface area contributed by atoms with Crippen LogP contribution in [-0.2, 0) is 18.9 Å². The van der Waals surface area contributed by atoms with Gasteiger partial charge >= 0.3 is 0 Å². The lowest BCUT2D eigenvalue weighted by molar-refractivity contribution is -0.143. The van der Waals surface area contributed by atoms with Gasteiger partial charge in [-0.2, -0.15) is 0 Å². The summed E-state index contributed by atoms with van der Waals surface area (Å²) in [6, 6.07) is 0. The zero-order valence-electron chi connectivity index (χ0n) is 19.7. The number of hydrogen-bond donors (Lipinski definition) is 0. The fourth-order valence-electron chi connectivity index (χ4n) is 5.01. The fraction of sp³-hybridized carbons (Fsp3) is 1.00. The SMILES string of the molecule is COC(C)OCCCCC1CCCC(COC(C)OCCC2CCC(C)CC2)C1. The molecule has 0 saturated heterocycles. The molecule has 0 heterocycles. The second-order valence-electron chi connectivity index (χ2n) is 9.75. The van der Waals surface area contributed by atoms with Gasteiger partial charge in [-0.05, 0) is 63.2 Å². The van der Waals surface area contributed by atoms with Gasteiger partial charge in [-0.3, -0.25) is 0 Å². The summed E-state index contributed by atoms with van der Waals surface area (Å²) in [7, 11) is 1.69. The van der Waals surface area contributed by atoms with Gasteiger partial charge in [0.25, 0.3) is 0 Å². The van der Waals surface area contributed by atoms with Gasteiger partial charge in [0, 0.05) is 20.3 Å². The highest BCUT2D eigenvalue weighted by molar-refractivity contribution is 4.73. The van der Waals surface area contributed by atoms with Crippen molar-refractivity contribution in [2.45, 2.75) is 110 Å². The van der Waals surface area contributed by atoms with Crippen molar-refractivity contribution in [3.63, 3.8) is 0 Å². The molecule has 0 N–H and O–H groups in total. The molecule has 0 radical (unpaired) electrons. The second kappa shape index (κ2) is 14.8. The number of hydrogen-bond acceptors (Lipinski definition) is 4. The normalized spacial score (nSPS) is 30.2. The summed E-state index contributed by atoms with van der Waals surface area (Å²) in [4.78, 5) is 0. The van der Waals surface area contributed by atoms with Crippen LogP contribution in [0.2, 0.25) is 0 Å². The maximum Gasteiger partial charge on any atom is 0.154 e. The molecule has 2 fully saturated rings. The van der Waals surface area contributed by atoms with E-state index in [0.717, 1.165) is 44.0 Å². The maximum absolute atomic E-state index is 6.06. The van der Waals surface area contributed by atoms with Gasteiger partial charge in [0.2, 0.25) is 0 Å². The molecule has 4 heteroatoms. The molecule has 172 valence electrons. The van der Waals surface area contributed by atoms with E-state index in [9.17, 15) is 0 Å². The lowest BCUT2D eigenvalue weighted by Gasteiger charge is -2.30. The molecule has 4 atom stereocenters. The lowest BCUT2D eigenvalue weighted by Crippen LogP contribution is -2.24. The number of unbranched alkanes of at least 4 members (excludes halogenated alkanes) is 1. The third kappa shape index (κ3) is 11.1. The molecule has 0 amide bonds. The monoisotopic (exact) mass is 412 g/mol. The first kappa shape index (κ1) is 25.1. The van der Waals surface area contributed by atoms with Crippen LogP contribution in [0.4, 0.5) is 0 Å². The van der Waals surface area contributed by atoms with Crippen LogP contribution >= 0.6 is 0 Å². The van der Waals surface area contributed by atoms with E-state index in [4.69, 9.17) is 18.9 Å². The quantitative estimate of drug-likeness (QED) is 0.239. The molecule has 4 nitrogen and oxygen atoms in total. The highest BCUT2D eigenvalue weighted by atomic mass is 16.7. The molecule has 0 aliphatic heterocycles. The van der Waals surface area contributed by atoms with Crippen LogP contribution in [0.15, 0.2) is 0 Å². The summed E-state index contributed by atoms with van der Waals surface area (Å²) in [6.45, 7) is 8.95. The summed E-state index contributed by atoms with van der Waals surface area (Å²) in [5.74, 6) is 3.38. The zero-order valence-corrected chi connectivity index (χ0v) is 19.7. The van der Waals surface area contributed by atoms with Gasteiger partial charge in [-0.1, -0.05) is 58.3 Å². The molecule has 0 aromatic carbocycles. The summed E-state index contributed by atoms with van der Waals surface area (Å²) in [5.41, 5.74) is 0. The van der Waals surface area contributed by atoms with Crippen molar-refractivity contribution in [2.75, 3.05) is 26.9 Å². The molecule has 29 heavy (non-hydrogen) atoms. The second-order valence-corrected chi connectivity index (χ2v) is 9.75. The third-order valence-corrected chi connectivity index (χ3v) is 7.16. The minimum absolute atomic E-state index is 0.0576. The number of methoxy groups -OCH3 is 1. The smallest absolute Gasteiger partial charge is 0.154 e. The molecular formula is C25H48O4. The Bertz CT molecular complexity index is 394. The minimum Gasteiger partial charge on any atom is -0.356 e.